The zero-order chi connectivity index (χ0) is 12.3. The number of hydrogen-bond donors (Lipinski definition) is 0. The molecule has 17 heavy (non-hydrogen) atoms. The van der Waals surface area contributed by atoms with Crippen LogP contribution in [0.15, 0.2) is 36.7 Å². The van der Waals surface area contributed by atoms with E-state index in [4.69, 9.17) is 16.3 Å². The van der Waals surface area contributed by atoms with Gasteiger partial charge in [-0.25, -0.2) is 0 Å². The van der Waals surface area contributed by atoms with Crippen LogP contribution >= 0.6 is 11.6 Å². The number of ether oxygens (including phenoxy) is 1. The SMILES string of the molecule is CC(=O)Cn1cc(Oc2cccc(Cl)c2)cn1. The van der Waals surface area contributed by atoms with Crippen molar-refractivity contribution in [1.82, 2.24) is 9.78 Å². The zero-order valence-electron chi connectivity index (χ0n) is 9.26. The molecule has 0 saturated heterocycles. The molecule has 0 aliphatic carbocycles. The molecule has 0 spiro atoms. The number of benzene rings is 1. The van der Waals surface area contributed by atoms with Crippen molar-refractivity contribution < 1.29 is 9.53 Å². The molecule has 5 heteroatoms. The zero-order valence-corrected chi connectivity index (χ0v) is 10.0. The number of rotatable bonds is 4. The number of Topliss-reactive ketones (excluding diaryl/α,β-unsaturated/α-hetero) is 1. The second-order valence-corrected chi connectivity index (χ2v) is 4.07. The quantitative estimate of drug-likeness (QED) is 0.838. The van der Waals surface area contributed by atoms with Crippen LogP contribution < -0.4 is 4.74 Å². The fraction of sp³-hybridized carbons (Fsp3) is 0.167. The third kappa shape index (κ3) is 3.32. The summed E-state index contributed by atoms with van der Waals surface area (Å²) in [5, 5.41) is 4.62. The predicted molar refractivity (Wildman–Crippen MR) is 64.4 cm³/mol. The summed E-state index contributed by atoms with van der Waals surface area (Å²) in [4.78, 5) is 10.9. The van der Waals surface area contributed by atoms with Crippen molar-refractivity contribution in [3.05, 3.63) is 41.7 Å². The lowest BCUT2D eigenvalue weighted by atomic mass is 10.3. The van der Waals surface area contributed by atoms with E-state index in [9.17, 15) is 4.79 Å². The third-order valence-electron chi connectivity index (χ3n) is 2.03. The minimum atomic E-state index is 0.0439. The lowest BCUT2D eigenvalue weighted by Crippen LogP contribution is -2.05. The molecule has 2 aromatic rings. The molecule has 88 valence electrons. The van der Waals surface area contributed by atoms with E-state index in [1.54, 1.807) is 36.7 Å². The number of ketones is 1. The molecule has 0 aliphatic heterocycles. The van der Waals surface area contributed by atoms with Crippen LogP contribution in [0.4, 0.5) is 0 Å². The van der Waals surface area contributed by atoms with Crippen LogP contribution in [0.25, 0.3) is 0 Å². The van der Waals surface area contributed by atoms with E-state index in [2.05, 4.69) is 5.10 Å². The van der Waals surface area contributed by atoms with Gasteiger partial charge in [-0.05, 0) is 25.1 Å². The molecule has 0 amide bonds. The Kier molecular flexibility index (Phi) is 3.44. The molecule has 0 bridgehead atoms. The van der Waals surface area contributed by atoms with Gasteiger partial charge in [-0.3, -0.25) is 9.48 Å². The summed E-state index contributed by atoms with van der Waals surface area (Å²) in [6.45, 7) is 1.76. The van der Waals surface area contributed by atoms with Crippen molar-refractivity contribution in [2.24, 2.45) is 0 Å². The van der Waals surface area contributed by atoms with Crippen LogP contribution in [-0.4, -0.2) is 15.6 Å². The minimum Gasteiger partial charge on any atom is -0.454 e. The Labute approximate surface area is 104 Å². The van der Waals surface area contributed by atoms with Gasteiger partial charge in [0.25, 0.3) is 0 Å². The van der Waals surface area contributed by atoms with Gasteiger partial charge in [0.05, 0.1) is 18.9 Å². The second-order valence-electron chi connectivity index (χ2n) is 3.64. The Hall–Kier alpha value is -1.81. The van der Waals surface area contributed by atoms with Crippen LogP contribution in [-0.2, 0) is 11.3 Å². The number of carbonyl (C=O) groups is 1. The van der Waals surface area contributed by atoms with Gasteiger partial charge in [-0.15, -0.1) is 0 Å². The van der Waals surface area contributed by atoms with Gasteiger partial charge in [0.2, 0.25) is 0 Å². The van der Waals surface area contributed by atoms with E-state index in [0.717, 1.165) is 0 Å². The van der Waals surface area contributed by atoms with Crippen molar-refractivity contribution in [2.45, 2.75) is 13.5 Å². The van der Waals surface area contributed by atoms with Crippen molar-refractivity contribution >= 4 is 17.4 Å². The minimum absolute atomic E-state index is 0.0439. The number of nitrogens with zero attached hydrogens (tertiary/aromatic N) is 2. The molecule has 0 unspecified atom stereocenters. The van der Waals surface area contributed by atoms with E-state index in [0.29, 0.717) is 16.5 Å². The van der Waals surface area contributed by atoms with E-state index in [-0.39, 0.29) is 12.3 Å². The molecular weight excluding hydrogens is 240 g/mol. The van der Waals surface area contributed by atoms with Gasteiger partial charge >= 0.3 is 0 Å². The summed E-state index contributed by atoms with van der Waals surface area (Å²) in [5.74, 6) is 1.26. The number of hydrogen-bond acceptors (Lipinski definition) is 3. The first-order valence-corrected chi connectivity index (χ1v) is 5.46. The Balaban J connectivity index is 2.08. The molecule has 1 aromatic heterocycles. The average molecular weight is 251 g/mol. The Bertz CT molecular complexity index is 537. The number of aromatic nitrogens is 2. The molecular formula is C12H11ClN2O2. The molecule has 0 atom stereocenters. The van der Waals surface area contributed by atoms with Crippen molar-refractivity contribution in [3.8, 4) is 11.5 Å². The van der Waals surface area contributed by atoms with Crippen molar-refractivity contribution in [1.29, 1.82) is 0 Å². The average Bonchev–Trinajstić information content (AvgIpc) is 2.64. The standard InChI is InChI=1S/C12H11ClN2O2/c1-9(16)7-15-8-12(6-14-15)17-11-4-2-3-10(13)5-11/h2-6,8H,7H2,1H3. The summed E-state index contributed by atoms with van der Waals surface area (Å²) >= 11 is 5.84. The summed E-state index contributed by atoms with van der Waals surface area (Å²) < 4.78 is 7.07. The number of carbonyl (C=O) groups excluding carboxylic acids is 1. The molecule has 4 nitrogen and oxygen atoms in total. The highest BCUT2D eigenvalue weighted by Crippen LogP contribution is 2.23. The van der Waals surface area contributed by atoms with Gasteiger partial charge < -0.3 is 4.74 Å². The predicted octanol–water partition coefficient (Wildman–Crippen LogP) is 2.92. The Morgan fingerprint density at radius 1 is 1.47 bits per heavy atom. The normalized spacial score (nSPS) is 10.2. The Morgan fingerprint density at radius 3 is 3.00 bits per heavy atom. The first-order chi connectivity index (χ1) is 8.13. The largest absolute Gasteiger partial charge is 0.454 e. The van der Waals surface area contributed by atoms with Crippen molar-refractivity contribution in [2.75, 3.05) is 0 Å². The van der Waals surface area contributed by atoms with Crippen LogP contribution in [0.3, 0.4) is 0 Å². The summed E-state index contributed by atoms with van der Waals surface area (Å²) in [7, 11) is 0. The van der Waals surface area contributed by atoms with E-state index in [1.807, 2.05) is 0 Å². The molecule has 2 rings (SSSR count). The highest BCUT2D eigenvalue weighted by molar-refractivity contribution is 6.30. The van der Waals surface area contributed by atoms with Crippen LogP contribution in [0.5, 0.6) is 11.5 Å². The third-order valence-corrected chi connectivity index (χ3v) is 2.26. The maximum atomic E-state index is 10.9. The summed E-state index contributed by atoms with van der Waals surface area (Å²) in [5.41, 5.74) is 0. The summed E-state index contributed by atoms with van der Waals surface area (Å²) in [6.07, 6.45) is 3.23. The molecule has 0 N–H and O–H groups in total. The molecule has 1 aromatic carbocycles. The van der Waals surface area contributed by atoms with Crippen LogP contribution in [0.2, 0.25) is 5.02 Å². The maximum absolute atomic E-state index is 10.9. The molecule has 0 fully saturated rings. The maximum Gasteiger partial charge on any atom is 0.165 e. The van der Waals surface area contributed by atoms with Gasteiger partial charge in [0, 0.05) is 5.02 Å². The summed E-state index contributed by atoms with van der Waals surface area (Å²) in [6, 6.07) is 7.09. The lowest BCUT2D eigenvalue weighted by molar-refractivity contribution is -0.117. The van der Waals surface area contributed by atoms with Gasteiger partial charge in [0.15, 0.2) is 11.5 Å². The fourth-order valence-corrected chi connectivity index (χ4v) is 1.56. The fourth-order valence-electron chi connectivity index (χ4n) is 1.38. The first-order valence-electron chi connectivity index (χ1n) is 5.09. The smallest absolute Gasteiger partial charge is 0.165 e. The van der Waals surface area contributed by atoms with E-state index < -0.39 is 0 Å². The van der Waals surface area contributed by atoms with Gasteiger partial charge in [-0.1, -0.05) is 17.7 Å². The number of halogens is 1. The van der Waals surface area contributed by atoms with Gasteiger partial charge in [0.1, 0.15) is 5.75 Å². The first kappa shape index (κ1) is 11.7. The van der Waals surface area contributed by atoms with E-state index in [1.165, 1.54) is 11.6 Å². The lowest BCUT2D eigenvalue weighted by Gasteiger charge is -2.02. The molecule has 0 aliphatic rings. The van der Waals surface area contributed by atoms with Crippen molar-refractivity contribution in [3.63, 3.8) is 0 Å². The van der Waals surface area contributed by atoms with Crippen LogP contribution in [0.1, 0.15) is 6.92 Å². The molecule has 0 radical (unpaired) electrons. The Morgan fingerprint density at radius 2 is 2.29 bits per heavy atom. The molecule has 1 heterocycles. The second kappa shape index (κ2) is 5.01. The highest BCUT2D eigenvalue weighted by atomic mass is 35.5. The monoisotopic (exact) mass is 250 g/mol. The van der Waals surface area contributed by atoms with Crippen LogP contribution in [0, 0.1) is 0 Å². The molecule has 0 saturated carbocycles. The highest BCUT2D eigenvalue weighted by Gasteiger charge is 2.03. The van der Waals surface area contributed by atoms with E-state index >= 15 is 0 Å². The topological polar surface area (TPSA) is 44.1 Å². The van der Waals surface area contributed by atoms with Gasteiger partial charge in [-0.2, -0.15) is 5.10 Å².